The fraction of sp³-hybridized carbons (Fsp3) is 0.500. The molecular weight excluding hydrogens is 323 g/mol. The summed E-state index contributed by atoms with van der Waals surface area (Å²) in [6.45, 7) is 0.319. The molecule has 0 bridgehead atoms. The van der Waals surface area contributed by atoms with Crippen LogP contribution in [0.25, 0.3) is 0 Å². The van der Waals surface area contributed by atoms with Crippen LogP contribution >= 0.6 is 0 Å². The minimum absolute atomic E-state index is 0.000809. The van der Waals surface area contributed by atoms with Crippen LogP contribution in [0.1, 0.15) is 36.8 Å². The van der Waals surface area contributed by atoms with Crippen LogP contribution in [-0.2, 0) is 22.3 Å². The largest absolute Gasteiger partial charge is 0.416 e. The first-order chi connectivity index (χ1) is 11.3. The number of amides is 2. The first-order valence-corrected chi connectivity index (χ1v) is 7.78. The summed E-state index contributed by atoms with van der Waals surface area (Å²) in [7, 11) is 0. The monoisotopic (exact) mass is 343 g/mol. The maximum Gasteiger partial charge on any atom is 0.416 e. The van der Waals surface area contributed by atoms with E-state index in [9.17, 15) is 22.8 Å². The maximum absolute atomic E-state index is 12.8. The summed E-state index contributed by atoms with van der Waals surface area (Å²) in [6, 6.07) is 3.26. The Morgan fingerprint density at radius 2 is 1.92 bits per heavy atom. The van der Waals surface area contributed by atoms with Gasteiger partial charge in [-0.05, 0) is 43.0 Å². The highest BCUT2D eigenvalue weighted by Crippen LogP contribution is 2.32. The summed E-state index contributed by atoms with van der Waals surface area (Å²) in [5.74, 6) is -0.294. The van der Waals surface area contributed by atoms with E-state index in [1.54, 1.807) is 0 Å². The summed E-state index contributed by atoms with van der Waals surface area (Å²) < 4.78 is 38.5. The lowest BCUT2D eigenvalue weighted by atomic mass is 10.1. The molecule has 0 unspecified atom stereocenters. The highest BCUT2D eigenvalue weighted by atomic mass is 19.4. The molecule has 1 saturated carbocycles. The molecule has 1 aliphatic carbocycles. The number of carbonyl (C=O) groups excluding carboxylic acids is 2. The molecule has 0 aliphatic heterocycles. The van der Waals surface area contributed by atoms with Gasteiger partial charge in [0.05, 0.1) is 5.56 Å². The van der Waals surface area contributed by atoms with Gasteiger partial charge >= 0.3 is 6.18 Å². The second-order valence-electron chi connectivity index (χ2n) is 5.84. The molecule has 2 amide bonds. The van der Waals surface area contributed by atoms with E-state index in [-0.39, 0.29) is 36.0 Å². The third-order valence-corrected chi connectivity index (χ3v) is 3.67. The molecule has 0 saturated heterocycles. The van der Waals surface area contributed by atoms with Crippen LogP contribution < -0.4 is 16.4 Å². The van der Waals surface area contributed by atoms with Crippen molar-refractivity contribution in [2.45, 2.75) is 38.4 Å². The van der Waals surface area contributed by atoms with Crippen molar-refractivity contribution in [3.05, 3.63) is 29.3 Å². The number of rotatable bonds is 7. The van der Waals surface area contributed by atoms with Crippen LogP contribution in [0.2, 0.25) is 0 Å². The predicted molar refractivity (Wildman–Crippen MR) is 82.9 cm³/mol. The zero-order valence-electron chi connectivity index (χ0n) is 13.1. The number of carbonyl (C=O) groups is 2. The smallest absolute Gasteiger partial charge is 0.356 e. The molecule has 0 atom stereocenters. The summed E-state index contributed by atoms with van der Waals surface area (Å²) >= 11 is 0. The summed E-state index contributed by atoms with van der Waals surface area (Å²) in [5, 5.41) is 5.17. The van der Waals surface area contributed by atoms with Crippen LogP contribution in [0.5, 0.6) is 0 Å². The van der Waals surface area contributed by atoms with Gasteiger partial charge in [0.1, 0.15) is 0 Å². The first-order valence-electron chi connectivity index (χ1n) is 7.78. The Kier molecular flexibility index (Phi) is 5.82. The molecule has 1 fully saturated rings. The molecule has 4 N–H and O–H groups in total. The van der Waals surface area contributed by atoms with Crippen LogP contribution in [0.4, 0.5) is 18.9 Å². The second-order valence-corrected chi connectivity index (χ2v) is 5.84. The van der Waals surface area contributed by atoms with E-state index in [1.165, 1.54) is 6.07 Å². The van der Waals surface area contributed by atoms with Gasteiger partial charge in [-0.15, -0.1) is 0 Å². The lowest BCUT2D eigenvalue weighted by Gasteiger charge is -2.12. The van der Waals surface area contributed by atoms with Crippen molar-refractivity contribution < 1.29 is 22.8 Å². The average molecular weight is 343 g/mol. The van der Waals surface area contributed by atoms with E-state index in [2.05, 4.69) is 10.6 Å². The molecule has 0 aromatic heterocycles. The highest BCUT2D eigenvalue weighted by molar-refractivity contribution is 5.91. The molecule has 8 heteroatoms. The van der Waals surface area contributed by atoms with Crippen molar-refractivity contribution in [3.63, 3.8) is 0 Å². The Morgan fingerprint density at radius 1 is 1.21 bits per heavy atom. The predicted octanol–water partition coefficient (Wildman–Crippen LogP) is 2.41. The van der Waals surface area contributed by atoms with Crippen LogP contribution in [0.3, 0.4) is 0 Å². The third-order valence-electron chi connectivity index (χ3n) is 3.67. The molecular formula is C16H20F3N3O2. The molecule has 0 heterocycles. The number of nitrogens with two attached hydrogens (primary N) is 1. The van der Waals surface area contributed by atoms with E-state index in [0.717, 1.165) is 25.0 Å². The van der Waals surface area contributed by atoms with Gasteiger partial charge in [-0.25, -0.2) is 0 Å². The minimum Gasteiger partial charge on any atom is -0.356 e. The van der Waals surface area contributed by atoms with Gasteiger partial charge in [0.2, 0.25) is 11.8 Å². The van der Waals surface area contributed by atoms with Gasteiger partial charge in [-0.3, -0.25) is 9.59 Å². The quantitative estimate of drug-likeness (QED) is 0.665. The van der Waals surface area contributed by atoms with Gasteiger partial charge < -0.3 is 16.4 Å². The molecule has 0 radical (unpaired) electrons. The van der Waals surface area contributed by atoms with Crippen molar-refractivity contribution >= 4 is 17.5 Å². The van der Waals surface area contributed by atoms with Gasteiger partial charge in [0.15, 0.2) is 0 Å². The molecule has 0 spiro atoms. The van der Waals surface area contributed by atoms with E-state index in [0.29, 0.717) is 13.0 Å². The lowest BCUT2D eigenvalue weighted by Crippen LogP contribution is -2.26. The molecule has 1 aliphatic rings. The van der Waals surface area contributed by atoms with Crippen LogP contribution in [-0.4, -0.2) is 18.4 Å². The second kappa shape index (κ2) is 7.65. The minimum atomic E-state index is -4.50. The SMILES string of the molecule is NCc1cc(NC(=O)CCCNC(=O)C2CC2)cc(C(F)(F)F)c1. The summed E-state index contributed by atoms with van der Waals surface area (Å²) in [6.07, 6.45) is -2.15. The number of nitrogens with one attached hydrogen (secondary N) is 2. The van der Waals surface area contributed by atoms with E-state index >= 15 is 0 Å². The maximum atomic E-state index is 12.8. The molecule has 1 aromatic rings. The van der Waals surface area contributed by atoms with Gasteiger partial charge in [0, 0.05) is 31.1 Å². The Hall–Kier alpha value is -2.09. The standard InChI is InChI=1S/C16H20F3N3O2/c17-16(18,19)12-6-10(9-20)7-13(8-12)22-14(23)2-1-5-21-15(24)11-3-4-11/h6-8,11H,1-5,9,20H2,(H,21,24)(H,22,23). The normalized spacial score (nSPS) is 14.3. The van der Waals surface area contributed by atoms with Crippen LogP contribution in [0.15, 0.2) is 18.2 Å². The number of hydrogen-bond acceptors (Lipinski definition) is 3. The number of alkyl halides is 3. The molecule has 1 aromatic carbocycles. The number of halogens is 3. The van der Waals surface area contributed by atoms with Gasteiger partial charge in [-0.2, -0.15) is 13.2 Å². The third kappa shape index (κ3) is 5.52. The van der Waals surface area contributed by atoms with Crippen molar-refractivity contribution in [3.8, 4) is 0 Å². The molecule has 24 heavy (non-hydrogen) atoms. The van der Waals surface area contributed by atoms with Crippen molar-refractivity contribution in [2.75, 3.05) is 11.9 Å². The fourth-order valence-electron chi connectivity index (χ4n) is 2.22. The number of benzene rings is 1. The van der Waals surface area contributed by atoms with Gasteiger partial charge in [-0.1, -0.05) is 0 Å². The Bertz CT molecular complexity index is 613. The summed E-state index contributed by atoms with van der Waals surface area (Å²) in [4.78, 5) is 23.2. The highest BCUT2D eigenvalue weighted by Gasteiger charge is 2.31. The number of hydrogen-bond donors (Lipinski definition) is 3. The molecule has 132 valence electrons. The van der Waals surface area contributed by atoms with Crippen LogP contribution in [0, 0.1) is 5.92 Å². The molecule has 2 rings (SSSR count). The van der Waals surface area contributed by atoms with E-state index < -0.39 is 17.6 Å². The Labute approximate surface area is 137 Å². The fourth-order valence-corrected chi connectivity index (χ4v) is 2.22. The van der Waals surface area contributed by atoms with Crippen molar-refractivity contribution in [2.24, 2.45) is 11.7 Å². The van der Waals surface area contributed by atoms with Gasteiger partial charge in [0.25, 0.3) is 0 Å². The Morgan fingerprint density at radius 3 is 2.50 bits per heavy atom. The zero-order chi connectivity index (χ0) is 17.7. The summed E-state index contributed by atoms with van der Waals surface area (Å²) in [5.41, 5.74) is 4.90. The van der Waals surface area contributed by atoms with Crippen molar-refractivity contribution in [1.29, 1.82) is 0 Å². The molecule has 5 nitrogen and oxygen atoms in total. The first kappa shape index (κ1) is 18.3. The average Bonchev–Trinajstić information content (AvgIpc) is 3.35. The zero-order valence-corrected chi connectivity index (χ0v) is 13.1. The number of anilines is 1. The topological polar surface area (TPSA) is 84.2 Å². The van der Waals surface area contributed by atoms with E-state index in [1.807, 2.05) is 0 Å². The Balaban J connectivity index is 1.84. The lowest BCUT2D eigenvalue weighted by molar-refractivity contribution is -0.137. The van der Waals surface area contributed by atoms with Crippen molar-refractivity contribution in [1.82, 2.24) is 5.32 Å². The van der Waals surface area contributed by atoms with E-state index in [4.69, 9.17) is 5.73 Å².